The number of aromatic nitrogens is 1. The summed E-state index contributed by atoms with van der Waals surface area (Å²) in [4.78, 5) is 36.8. The highest BCUT2D eigenvalue weighted by Crippen LogP contribution is 2.45. The van der Waals surface area contributed by atoms with E-state index in [0.717, 1.165) is 29.5 Å². The number of anilines is 1. The number of carbonyl (C=O) groups excluding carboxylic acids is 2. The topological polar surface area (TPSA) is 66.0 Å². The minimum absolute atomic E-state index is 0.132. The van der Waals surface area contributed by atoms with Gasteiger partial charge >= 0.3 is 6.09 Å². The first kappa shape index (κ1) is 17.7. The van der Waals surface area contributed by atoms with Gasteiger partial charge in [-0.05, 0) is 19.2 Å². The molecule has 0 N–H and O–H groups in total. The van der Waals surface area contributed by atoms with Crippen LogP contribution < -0.4 is 4.90 Å². The van der Waals surface area contributed by atoms with Crippen LogP contribution >= 0.6 is 23.5 Å². The maximum absolute atomic E-state index is 12.9. The lowest BCUT2D eigenvalue weighted by Gasteiger charge is -2.33. The number of carbonyl (C=O) groups is 2. The normalized spacial score (nSPS) is 24.0. The zero-order valence-corrected chi connectivity index (χ0v) is 16.1. The minimum atomic E-state index is -0.725. The van der Waals surface area contributed by atoms with Crippen molar-refractivity contribution in [2.24, 2.45) is 0 Å². The average Bonchev–Trinajstić information content (AvgIpc) is 2.95. The Bertz CT molecular complexity index is 735. The van der Waals surface area contributed by atoms with Crippen molar-refractivity contribution in [3.63, 3.8) is 0 Å². The van der Waals surface area contributed by atoms with Gasteiger partial charge in [0.05, 0.1) is 9.81 Å². The molecular formula is C17H20N4O3S2. The van der Waals surface area contributed by atoms with E-state index in [1.165, 1.54) is 16.7 Å². The Kier molecular flexibility index (Phi) is 5.10. The SMILES string of the molecule is CN1CCN(C(=O)OC2C3=C(SCCS3)C(=O)N2c2ccccn2)CC1. The molecule has 0 aromatic carbocycles. The number of likely N-dealkylation sites (N-methyl/N-ethyl adjacent to an activating group) is 1. The second-order valence-electron chi connectivity index (χ2n) is 6.28. The van der Waals surface area contributed by atoms with Crippen LogP contribution in [-0.4, -0.2) is 77.7 Å². The van der Waals surface area contributed by atoms with Crippen molar-refractivity contribution in [2.75, 3.05) is 49.6 Å². The maximum atomic E-state index is 12.9. The van der Waals surface area contributed by atoms with Gasteiger partial charge in [0.2, 0.25) is 6.23 Å². The van der Waals surface area contributed by atoms with Crippen molar-refractivity contribution in [1.29, 1.82) is 0 Å². The molecule has 3 aliphatic rings. The first-order valence-corrected chi connectivity index (χ1v) is 10.5. The monoisotopic (exact) mass is 392 g/mol. The van der Waals surface area contributed by atoms with Gasteiger partial charge in [-0.25, -0.2) is 14.7 Å². The summed E-state index contributed by atoms with van der Waals surface area (Å²) in [5, 5.41) is 0. The second-order valence-corrected chi connectivity index (χ2v) is 8.52. The molecule has 1 aromatic heterocycles. The molecule has 3 aliphatic heterocycles. The van der Waals surface area contributed by atoms with Crippen molar-refractivity contribution in [1.82, 2.24) is 14.8 Å². The van der Waals surface area contributed by atoms with Gasteiger partial charge in [0.15, 0.2) is 0 Å². The van der Waals surface area contributed by atoms with E-state index < -0.39 is 6.23 Å². The number of ether oxygens (including phenoxy) is 1. The lowest BCUT2D eigenvalue weighted by Crippen LogP contribution is -2.49. The largest absolute Gasteiger partial charge is 0.420 e. The van der Waals surface area contributed by atoms with Crippen molar-refractivity contribution < 1.29 is 14.3 Å². The van der Waals surface area contributed by atoms with E-state index in [0.29, 0.717) is 23.8 Å². The highest BCUT2D eigenvalue weighted by atomic mass is 32.2. The van der Waals surface area contributed by atoms with Crippen LogP contribution in [-0.2, 0) is 9.53 Å². The van der Waals surface area contributed by atoms with E-state index in [-0.39, 0.29) is 12.0 Å². The summed E-state index contributed by atoms with van der Waals surface area (Å²) in [6.45, 7) is 2.91. The van der Waals surface area contributed by atoms with Gasteiger partial charge in [0.25, 0.3) is 5.91 Å². The van der Waals surface area contributed by atoms with Crippen LogP contribution in [0.3, 0.4) is 0 Å². The maximum Gasteiger partial charge on any atom is 0.412 e. The molecule has 4 rings (SSSR count). The summed E-state index contributed by atoms with van der Waals surface area (Å²) < 4.78 is 5.83. The molecule has 1 saturated heterocycles. The first-order chi connectivity index (χ1) is 12.6. The van der Waals surface area contributed by atoms with E-state index in [4.69, 9.17) is 4.74 Å². The lowest BCUT2D eigenvalue weighted by molar-refractivity contribution is -0.115. The molecule has 0 radical (unpaired) electrons. The predicted molar refractivity (Wildman–Crippen MR) is 103 cm³/mol. The Labute approximate surface area is 160 Å². The number of thioether (sulfide) groups is 2. The van der Waals surface area contributed by atoms with Crippen LogP contribution in [0.15, 0.2) is 34.2 Å². The van der Waals surface area contributed by atoms with Crippen LogP contribution in [0.1, 0.15) is 0 Å². The Morgan fingerprint density at radius 1 is 1.19 bits per heavy atom. The molecule has 138 valence electrons. The van der Waals surface area contributed by atoms with Gasteiger partial charge in [0, 0.05) is 43.9 Å². The molecule has 26 heavy (non-hydrogen) atoms. The second kappa shape index (κ2) is 7.50. The van der Waals surface area contributed by atoms with Crippen LogP contribution in [0.25, 0.3) is 0 Å². The third-order valence-corrected chi connectivity index (χ3v) is 7.16. The molecule has 1 fully saturated rings. The van der Waals surface area contributed by atoms with Crippen LogP contribution in [0.5, 0.6) is 0 Å². The van der Waals surface area contributed by atoms with E-state index in [2.05, 4.69) is 9.88 Å². The molecular weight excluding hydrogens is 372 g/mol. The van der Waals surface area contributed by atoms with Crippen molar-refractivity contribution in [3.8, 4) is 0 Å². The molecule has 0 bridgehead atoms. The van der Waals surface area contributed by atoms with Gasteiger partial charge in [-0.1, -0.05) is 6.07 Å². The number of hydrogen-bond acceptors (Lipinski definition) is 7. The van der Waals surface area contributed by atoms with E-state index >= 15 is 0 Å². The summed E-state index contributed by atoms with van der Waals surface area (Å²) in [5.41, 5.74) is 0. The fourth-order valence-corrected chi connectivity index (χ4v) is 5.53. The Morgan fingerprint density at radius 2 is 1.96 bits per heavy atom. The molecule has 7 nitrogen and oxygen atoms in total. The summed E-state index contributed by atoms with van der Waals surface area (Å²) in [5.74, 6) is 2.15. The van der Waals surface area contributed by atoms with Crippen molar-refractivity contribution in [2.45, 2.75) is 6.23 Å². The van der Waals surface area contributed by atoms with Crippen molar-refractivity contribution in [3.05, 3.63) is 34.2 Å². The zero-order valence-electron chi connectivity index (χ0n) is 14.5. The number of piperazine rings is 1. The number of amides is 2. The minimum Gasteiger partial charge on any atom is -0.420 e. The molecule has 0 saturated carbocycles. The lowest BCUT2D eigenvalue weighted by atomic mass is 10.3. The van der Waals surface area contributed by atoms with Crippen LogP contribution in [0.2, 0.25) is 0 Å². The highest BCUT2D eigenvalue weighted by Gasteiger charge is 2.45. The number of rotatable bonds is 2. The summed E-state index contributed by atoms with van der Waals surface area (Å²) >= 11 is 3.13. The quantitative estimate of drug-likeness (QED) is 0.761. The van der Waals surface area contributed by atoms with Gasteiger partial charge < -0.3 is 14.5 Å². The van der Waals surface area contributed by atoms with Gasteiger partial charge in [-0.15, -0.1) is 23.5 Å². The fraction of sp³-hybridized carbons (Fsp3) is 0.471. The molecule has 1 atom stereocenters. The van der Waals surface area contributed by atoms with Gasteiger partial charge in [-0.3, -0.25) is 4.79 Å². The van der Waals surface area contributed by atoms with Gasteiger partial charge in [0.1, 0.15) is 5.82 Å². The van der Waals surface area contributed by atoms with E-state index in [1.807, 2.05) is 13.1 Å². The van der Waals surface area contributed by atoms with Crippen LogP contribution in [0, 0.1) is 0 Å². The molecule has 1 aromatic rings. The van der Waals surface area contributed by atoms with E-state index in [1.54, 1.807) is 35.0 Å². The molecule has 0 aliphatic carbocycles. The number of hydrogen-bond donors (Lipinski definition) is 0. The average molecular weight is 393 g/mol. The zero-order chi connectivity index (χ0) is 18.1. The Hall–Kier alpha value is -1.71. The highest BCUT2D eigenvalue weighted by molar-refractivity contribution is 8.10. The van der Waals surface area contributed by atoms with E-state index in [9.17, 15) is 9.59 Å². The number of pyridine rings is 1. The standard InChI is InChI=1S/C17H20N4O3S2/c1-19-6-8-20(9-7-19)17(23)24-16-14-13(25-10-11-26-14)15(22)21(16)12-4-2-3-5-18-12/h2-5,16H,6-11H2,1H3. The smallest absolute Gasteiger partial charge is 0.412 e. The third kappa shape index (κ3) is 3.30. The molecule has 2 amide bonds. The van der Waals surface area contributed by atoms with Gasteiger partial charge in [-0.2, -0.15) is 0 Å². The Morgan fingerprint density at radius 3 is 2.69 bits per heavy atom. The molecule has 4 heterocycles. The summed E-state index contributed by atoms with van der Waals surface area (Å²) in [6, 6.07) is 5.39. The molecule has 1 unspecified atom stereocenters. The molecule has 0 spiro atoms. The summed E-state index contributed by atoms with van der Waals surface area (Å²) in [7, 11) is 2.04. The van der Waals surface area contributed by atoms with Crippen LogP contribution in [0.4, 0.5) is 10.6 Å². The first-order valence-electron chi connectivity index (χ1n) is 8.53. The predicted octanol–water partition coefficient (Wildman–Crippen LogP) is 1.83. The fourth-order valence-electron chi connectivity index (χ4n) is 3.10. The number of nitrogens with zero attached hydrogens (tertiary/aromatic N) is 4. The third-order valence-electron chi connectivity index (χ3n) is 4.55. The Balaban J connectivity index is 1.58. The van der Waals surface area contributed by atoms with Crippen molar-refractivity contribution >= 4 is 41.3 Å². The summed E-state index contributed by atoms with van der Waals surface area (Å²) in [6.07, 6.45) is 0.540. The molecule has 9 heteroatoms.